The van der Waals surface area contributed by atoms with E-state index in [1.807, 2.05) is 48.6 Å². The second-order valence-electron chi connectivity index (χ2n) is 10.6. The normalized spacial score (nSPS) is 19.4. The average Bonchev–Trinajstić information content (AvgIpc) is 3.53. The van der Waals surface area contributed by atoms with Gasteiger partial charge in [0.1, 0.15) is 17.4 Å². The van der Waals surface area contributed by atoms with Gasteiger partial charge < -0.3 is 0 Å². The second-order valence-corrected chi connectivity index (χ2v) is 10.6. The molecule has 2 aromatic carbocycles. The van der Waals surface area contributed by atoms with E-state index in [1.165, 1.54) is 5.56 Å². The van der Waals surface area contributed by atoms with Gasteiger partial charge in [-0.3, -0.25) is 24.8 Å². The summed E-state index contributed by atoms with van der Waals surface area (Å²) in [5.41, 5.74) is 6.72. The minimum Gasteiger partial charge on any atom is -0.299 e. The number of hydrogen-bond donors (Lipinski definition) is 1. The van der Waals surface area contributed by atoms with E-state index in [2.05, 4.69) is 61.5 Å². The second kappa shape index (κ2) is 11.0. The number of piperidine rings is 1. The highest BCUT2D eigenvalue weighted by Crippen LogP contribution is 2.33. The summed E-state index contributed by atoms with van der Waals surface area (Å²) in [5, 5.41) is 7.54. The number of nitrogens with one attached hydrogen (secondary N) is 1. The maximum atomic E-state index is 12.5. The molecular formula is C33H29N7O. The van der Waals surface area contributed by atoms with Crippen molar-refractivity contribution in [3.63, 3.8) is 0 Å². The third kappa shape index (κ3) is 5.21. The molecule has 3 aliphatic heterocycles. The number of dihydropyridines is 2. The number of fused-ring (bicyclic) bond motifs is 1. The number of hydrogen-bond acceptors (Lipinski definition) is 6. The number of allylic oxidation sites excluding steroid dienone is 2. The zero-order valence-electron chi connectivity index (χ0n) is 22.5. The molecule has 1 amide bonds. The number of pyridine rings is 1. The molecule has 2 aromatic heterocycles. The van der Waals surface area contributed by atoms with Crippen molar-refractivity contribution < 1.29 is 4.79 Å². The van der Waals surface area contributed by atoms with Crippen molar-refractivity contribution in [2.75, 3.05) is 13.1 Å². The Balaban J connectivity index is 1.03. The van der Waals surface area contributed by atoms with Crippen LogP contribution in [0.3, 0.4) is 0 Å². The smallest absolute Gasteiger partial charge is 0.258 e. The van der Waals surface area contributed by atoms with Crippen LogP contribution >= 0.6 is 0 Å². The van der Waals surface area contributed by atoms with Crippen molar-refractivity contribution in [3.8, 4) is 11.5 Å². The summed E-state index contributed by atoms with van der Waals surface area (Å²) in [6.45, 7) is 2.91. The van der Waals surface area contributed by atoms with Gasteiger partial charge in [-0.25, -0.2) is 9.98 Å². The number of amides is 1. The number of rotatable bonds is 6. The number of H-pyrrole nitrogens is 1. The van der Waals surface area contributed by atoms with E-state index in [4.69, 9.17) is 9.98 Å². The SMILES string of the molecule is O=C1N=CC=C2N=C(c3ccc(CN4CCC(c5nc(-c6ccccn6)n[nH]5)CC4)cc3)C(c3ccccc3)=CC12. The average molecular weight is 540 g/mol. The van der Waals surface area contributed by atoms with E-state index in [-0.39, 0.29) is 5.91 Å². The molecular weight excluding hydrogens is 510 g/mol. The van der Waals surface area contributed by atoms with Crippen LogP contribution in [0, 0.1) is 5.92 Å². The van der Waals surface area contributed by atoms with Crippen molar-refractivity contribution in [1.82, 2.24) is 25.1 Å². The molecule has 0 spiro atoms. The minimum absolute atomic E-state index is 0.171. The summed E-state index contributed by atoms with van der Waals surface area (Å²) in [6, 6.07) is 24.6. The monoisotopic (exact) mass is 539 g/mol. The fourth-order valence-electron chi connectivity index (χ4n) is 5.72. The van der Waals surface area contributed by atoms with Gasteiger partial charge in [0.2, 0.25) is 0 Å². The lowest BCUT2D eigenvalue weighted by atomic mass is 9.87. The third-order valence-corrected chi connectivity index (χ3v) is 7.95. The highest BCUT2D eigenvalue weighted by Gasteiger charge is 2.30. The lowest BCUT2D eigenvalue weighted by Gasteiger charge is -2.31. The standard InChI is InChI=1S/C33H29N7O/c41-33-27-20-26(23-6-2-1-3-7-23)30(36-28(27)13-17-35-33)24-11-9-22(10-12-24)21-40-18-14-25(15-19-40)31-37-32(39-38-31)29-8-4-5-16-34-29/h1-13,16-17,20,25,27H,14-15,18-19,21H2,(H,37,38,39). The predicted molar refractivity (Wildman–Crippen MR) is 159 cm³/mol. The molecule has 0 bridgehead atoms. The minimum atomic E-state index is -0.431. The van der Waals surface area contributed by atoms with Crippen molar-refractivity contribution >= 4 is 23.4 Å². The zero-order chi connectivity index (χ0) is 27.6. The van der Waals surface area contributed by atoms with E-state index >= 15 is 0 Å². The van der Waals surface area contributed by atoms with E-state index in [0.29, 0.717) is 11.7 Å². The lowest BCUT2D eigenvalue weighted by Crippen LogP contribution is -2.32. The Morgan fingerprint density at radius 1 is 0.902 bits per heavy atom. The Hall–Kier alpha value is -4.82. The fraction of sp³-hybridized carbons (Fsp3) is 0.212. The number of nitrogens with zero attached hydrogens (tertiary/aromatic N) is 6. The van der Waals surface area contributed by atoms with Gasteiger partial charge in [-0.05, 0) is 55.3 Å². The van der Waals surface area contributed by atoms with Gasteiger partial charge in [-0.1, -0.05) is 66.7 Å². The van der Waals surface area contributed by atoms with Gasteiger partial charge in [0.15, 0.2) is 5.82 Å². The molecule has 7 rings (SSSR count). The Bertz CT molecular complexity index is 1680. The summed E-state index contributed by atoms with van der Waals surface area (Å²) < 4.78 is 0. The van der Waals surface area contributed by atoms with Crippen LogP contribution in [0.5, 0.6) is 0 Å². The molecule has 1 N–H and O–H groups in total. The largest absolute Gasteiger partial charge is 0.299 e. The molecule has 0 radical (unpaired) electrons. The van der Waals surface area contributed by atoms with Gasteiger partial charge in [0.05, 0.1) is 11.4 Å². The Morgan fingerprint density at radius 2 is 1.71 bits per heavy atom. The quantitative estimate of drug-likeness (QED) is 0.361. The van der Waals surface area contributed by atoms with Gasteiger partial charge in [-0.15, -0.1) is 0 Å². The highest BCUT2D eigenvalue weighted by molar-refractivity contribution is 6.33. The Labute approximate surface area is 238 Å². The van der Waals surface area contributed by atoms with Gasteiger partial charge in [0, 0.05) is 36.0 Å². The molecule has 41 heavy (non-hydrogen) atoms. The summed E-state index contributed by atoms with van der Waals surface area (Å²) in [7, 11) is 0. The number of likely N-dealkylation sites (tertiary alicyclic amines) is 1. The van der Waals surface area contributed by atoms with E-state index in [1.54, 1.807) is 12.4 Å². The third-order valence-electron chi connectivity index (χ3n) is 7.95. The first kappa shape index (κ1) is 25.2. The summed E-state index contributed by atoms with van der Waals surface area (Å²) >= 11 is 0. The lowest BCUT2D eigenvalue weighted by molar-refractivity contribution is -0.119. The molecule has 1 atom stereocenters. The first-order valence-electron chi connectivity index (χ1n) is 14.0. The number of aromatic nitrogens is 4. The van der Waals surface area contributed by atoms with Crippen LogP contribution in [-0.4, -0.2) is 56.0 Å². The first-order chi connectivity index (χ1) is 20.2. The zero-order valence-corrected chi connectivity index (χ0v) is 22.5. The van der Waals surface area contributed by atoms with Crippen LogP contribution in [-0.2, 0) is 11.3 Å². The number of aromatic amines is 1. The first-order valence-corrected chi connectivity index (χ1v) is 14.0. The van der Waals surface area contributed by atoms with Crippen LogP contribution in [0.2, 0.25) is 0 Å². The van der Waals surface area contributed by atoms with Crippen molar-refractivity contribution in [2.45, 2.75) is 25.3 Å². The maximum absolute atomic E-state index is 12.5. The van der Waals surface area contributed by atoms with Crippen molar-refractivity contribution in [2.24, 2.45) is 15.9 Å². The molecule has 202 valence electrons. The molecule has 8 heteroatoms. The molecule has 0 saturated carbocycles. The fourth-order valence-corrected chi connectivity index (χ4v) is 5.72. The number of benzene rings is 2. The molecule has 1 saturated heterocycles. The Morgan fingerprint density at radius 3 is 2.49 bits per heavy atom. The van der Waals surface area contributed by atoms with Gasteiger partial charge >= 0.3 is 0 Å². The Kier molecular flexibility index (Phi) is 6.74. The number of carbonyl (C=O) groups excluding carboxylic acids is 1. The number of carbonyl (C=O) groups is 1. The molecule has 5 heterocycles. The van der Waals surface area contributed by atoms with E-state index in [0.717, 1.165) is 72.1 Å². The van der Waals surface area contributed by atoms with Crippen LogP contribution in [0.1, 0.15) is 41.3 Å². The topological polar surface area (TPSA) is 99.5 Å². The molecule has 8 nitrogen and oxygen atoms in total. The van der Waals surface area contributed by atoms with E-state index < -0.39 is 5.92 Å². The molecule has 3 aliphatic rings. The molecule has 4 aromatic rings. The van der Waals surface area contributed by atoms with Crippen LogP contribution in [0.15, 0.2) is 107 Å². The summed E-state index contributed by atoms with van der Waals surface area (Å²) in [5.74, 6) is 1.38. The van der Waals surface area contributed by atoms with Crippen LogP contribution in [0.25, 0.3) is 17.1 Å². The molecule has 0 aliphatic carbocycles. The highest BCUT2D eigenvalue weighted by atomic mass is 16.1. The van der Waals surface area contributed by atoms with Crippen molar-refractivity contribution in [1.29, 1.82) is 0 Å². The van der Waals surface area contributed by atoms with Crippen molar-refractivity contribution in [3.05, 3.63) is 119 Å². The number of aliphatic imine (C=N–C) groups is 2. The van der Waals surface area contributed by atoms with Gasteiger partial charge in [-0.2, -0.15) is 5.10 Å². The molecule has 1 unspecified atom stereocenters. The van der Waals surface area contributed by atoms with Crippen LogP contribution in [0.4, 0.5) is 0 Å². The van der Waals surface area contributed by atoms with Crippen LogP contribution < -0.4 is 0 Å². The molecule has 1 fully saturated rings. The summed E-state index contributed by atoms with van der Waals surface area (Å²) in [6.07, 6.45) is 9.23. The predicted octanol–water partition coefficient (Wildman–Crippen LogP) is 5.24. The van der Waals surface area contributed by atoms with E-state index in [9.17, 15) is 4.79 Å². The van der Waals surface area contributed by atoms with Gasteiger partial charge in [0.25, 0.3) is 5.91 Å². The maximum Gasteiger partial charge on any atom is 0.258 e. The summed E-state index contributed by atoms with van der Waals surface area (Å²) in [4.78, 5) is 33.0.